The van der Waals surface area contributed by atoms with Crippen LogP contribution < -0.4 is 10.6 Å². The van der Waals surface area contributed by atoms with Crippen molar-refractivity contribution in [2.45, 2.75) is 55.5 Å². The van der Waals surface area contributed by atoms with Gasteiger partial charge in [-0.15, -0.1) is 10.2 Å². The van der Waals surface area contributed by atoms with E-state index < -0.39 is 17.6 Å². The lowest BCUT2D eigenvalue weighted by Gasteiger charge is -2.26. The molecular formula is C39H41FN8O3S. The molecule has 1 aliphatic heterocycles. The third-order valence-corrected chi connectivity index (χ3v) is 10.5. The number of rotatable bonds is 11. The van der Waals surface area contributed by atoms with E-state index in [0.717, 1.165) is 77.4 Å². The normalized spacial score (nSPS) is 13.8. The van der Waals surface area contributed by atoms with Gasteiger partial charge in [-0.05, 0) is 47.9 Å². The number of nitrogens with one attached hydrogen (secondary N) is 2. The fourth-order valence-corrected chi connectivity index (χ4v) is 6.89. The van der Waals surface area contributed by atoms with Gasteiger partial charge in [0.15, 0.2) is 23.0 Å². The molecule has 0 bridgehead atoms. The third kappa shape index (κ3) is 7.81. The quantitative estimate of drug-likeness (QED) is 0.127. The second-order valence-electron chi connectivity index (χ2n) is 13.4. The van der Waals surface area contributed by atoms with Crippen LogP contribution in [-0.2, 0) is 23.2 Å². The Morgan fingerprint density at radius 3 is 2.56 bits per heavy atom. The molecule has 0 saturated carbocycles. The van der Waals surface area contributed by atoms with Crippen molar-refractivity contribution in [3.63, 3.8) is 0 Å². The molecule has 0 spiro atoms. The Bertz CT molecular complexity index is 2190. The molecule has 2 amide bonds. The van der Waals surface area contributed by atoms with E-state index in [1.807, 2.05) is 47.0 Å². The molecule has 11 nitrogen and oxygen atoms in total. The van der Waals surface area contributed by atoms with E-state index >= 15 is 0 Å². The zero-order valence-electron chi connectivity index (χ0n) is 29.3. The van der Waals surface area contributed by atoms with E-state index in [2.05, 4.69) is 70.8 Å². The number of fused-ring (bicyclic) bond motifs is 1. The van der Waals surface area contributed by atoms with Crippen LogP contribution in [0.1, 0.15) is 44.0 Å². The lowest BCUT2D eigenvalue weighted by atomic mass is 9.87. The number of phenols is 1. The Labute approximate surface area is 305 Å². The van der Waals surface area contributed by atoms with Crippen LogP contribution in [0.15, 0.2) is 101 Å². The van der Waals surface area contributed by atoms with Gasteiger partial charge >= 0.3 is 6.03 Å². The molecule has 0 aliphatic carbocycles. The molecule has 6 aromatic rings. The highest BCUT2D eigenvalue weighted by atomic mass is 32.2. The molecule has 7 rings (SSSR count). The first kappa shape index (κ1) is 35.2. The summed E-state index contributed by atoms with van der Waals surface area (Å²) >= 11 is 1.59. The number of aromatic hydroxyl groups is 1. The Morgan fingerprint density at radius 1 is 1.00 bits per heavy atom. The van der Waals surface area contributed by atoms with Crippen LogP contribution in [0.3, 0.4) is 0 Å². The highest BCUT2D eigenvalue weighted by Crippen LogP contribution is 2.33. The lowest BCUT2D eigenvalue weighted by molar-refractivity contribution is 0.0342. The molecule has 268 valence electrons. The first-order valence-corrected chi connectivity index (χ1v) is 18.1. The van der Waals surface area contributed by atoms with Crippen molar-refractivity contribution in [1.29, 1.82) is 0 Å². The molecular weight excluding hydrogens is 680 g/mol. The van der Waals surface area contributed by atoms with Crippen molar-refractivity contribution in [3.05, 3.63) is 114 Å². The molecule has 1 aliphatic rings. The Morgan fingerprint density at radius 2 is 1.79 bits per heavy atom. The van der Waals surface area contributed by atoms with Crippen LogP contribution in [-0.4, -0.2) is 66.7 Å². The number of carbonyl (C=O) groups excluding carboxylic acids is 1. The minimum Gasteiger partial charge on any atom is -0.505 e. The van der Waals surface area contributed by atoms with Crippen molar-refractivity contribution in [2.75, 3.05) is 31.6 Å². The molecule has 0 atom stereocenters. The zero-order valence-corrected chi connectivity index (χ0v) is 30.2. The lowest BCUT2D eigenvalue weighted by Crippen LogP contribution is -2.35. The number of benzene rings is 3. The molecule has 3 aromatic heterocycles. The highest BCUT2D eigenvalue weighted by molar-refractivity contribution is 7.99. The summed E-state index contributed by atoms with van der Waals surface area (Å²) in [6.45, 7) is 10.8. The Balaban J connectivity index is 1.05. The van der Waals surface area contributed by atoms with Gasteiger partial charge in [-0.25, -0.2) is 13.9 Å². The van der Waals surface area contributed by atoms with Gasteiger partial charge in [0.25, 0.3) is 0 Å². The summed E-state index contributed by atoms with van der Waals surface area (Å²) in [5.41, 5.74) is 4.76. The summed E-state index contributed by atoms with van der Waals surface area (Å²) < 4.78 is 23.3. The second-order valence-corrected chi connectivity index (χ2v) is 14.5. The van der Waals surface area contributed by atoms with E-state index in [9.17, 15) is 14.3 Å². The van der Waals surface area contributed by atoms with Gasteiger partial charge in [0.05, 0.1) is 24.6 Å². The molecule has 52 heavy (non-hydrogen) atoms. The van der Waals surface area contributed by atoms with Crippen LogP contribution in [0, 0.1) is 5.82 Å². The van der Waals surface area contributed by atoms with Gasteiger partial charge in [-0.1, -0.05) is 75.0 Å². The first-order valence-electron chi connectivity index (χ1n) is 17.3. The number of carbonyl (C=O) groups is 1. The molecule has 3 N–H and O–H groups in total. The van der Waals surface area contributed by atoms with Crippen LogP contribution >= 0.6 is 11.8 Å². The number of nitrogens with zero attached hydrogens (tertiary/aromatic N) is 6. The minimum atomic E-state index is -0.776. The molecule has 1 fully saturated rings. The van der Waals surface area contributed by atoms with Gasteiger partial charge in [0.1, 0.15) is 5.82 Å². The van der Waals surface area contributed by atoms with Gasteiger partial charge in [-0.2, -0.15) is 5.10 Å². The predicted molar refractivity (Wildman–Crippen MR) is 199 cm³/mol. The van der Waals surface area contributed by atoms with E-state index in [1.54, 1.807) is 23.9 Å². The van der Waals surface area contributed by atoms with Crippen LogP contribution in [0.2, 0.25) is 0 Å². The van der Waals surface area contributed by atoms with E-state index in [4.69, 9.17) is 9.84 Å². The van der Waals surface area contributed by atoms with Crippen LogP contribution in [0.5, 0.6) is 5.75 Å². The smallest absolute Gasteiger partial charge is 0.320 e. The average molecular weight is 721 g/mol. The summed E-state index contributed by atoms with van der Waals surface area (Å²) in [4.78, 5) is 17.7. The minimum absolute atomic E-state index is 0.265. The van der Waals surface area contributed by atoms with Crippen molar-refractivity contribution in [2.24, 2.45) is 0 Å². The number of urea groups is 1. The maximum atomic E-state index is 14.3. The highest BCUT2D eigenvalue weighted by Gasteiger charge is 2.25. The van der Waals surface area contributed by atoms with Crippen molar-refractivity contribution < 1.29 is 19.0 Å². The van der Waals surface area contributed by atoms with E-state index in [-0.39, 0.29) is 12.0 Å². The van der Waals surface area contributed by atoms with Gasteiger partial charge in [0.2, 0.25) is 0 Å². The second kappa shape index (κ2) is 15.2. The molecule has 3 aromatic carbocycles. The molecule has 0 unspecified atom stereocenters. The molecule has 1 saturated heterocycles. The van der Waals surface area contributed by atoms with Crippen molar-refractivity contribution in [1.82, 2.24) is 34.6 Å². The van der Waals surface area contributed by atoms with Gasteiger partial charge in [0, 0.05) is 65.3 Å². The number of aromatic nitrogens is 5. The number of hydrogen-bond acceptors (Lipinski definition) is 8. The zero-order chi connectivity index (χ0) is 36.2. The third-order valence-electron chi connectivity index (χ3n) is 9.44. The number of hydrogen-bond donors (Lipinski definition) is 3. The van der Waals surface area contributed by atoms with E-state index in [1.165, 1.54) is 22.4 Å². The molecule has 0 radical (unpaired) electrons. The van der Waals surface area contributed by atoms with Crippen LogP contribution in [0.25, 0.3) is 22.7 Å². The monoisotopic (exact) mass is 720 g/mol. The van der Waals surface area contributed by atoms with Gasteiger partial charge < -0.3 is 15.2 Å². The topological polar surface area (TPSA) is 122 Å². The number of phenolic OH excluding ortho intramolecular Hbond substituents is 1. The summed E-state index contributed by atoms with van der Waals surface area (Å²) in [5, 5.41) is 29.2. The fourth-order valence-electron chi connectivity index (χ4n) is 5.92. The summed E-state index contributed by atoms with van der Waals surface area (Å²) in [7, 11) is 0. The number of ether oxygens (including phenoxy) is 1. The first-order chi connectivity index (χ1) is 25.2. The fraction of sp³-hybridized carbons (Fsp3) is 0.282. The summed E-state index contributed by atoms with van der Waals surface area (Å²) in [6.07, 6.45) is 2.85. The summed E-state index contributed by atoms with van der Waals surface area (Å²) in [5.74, 6) is -0.0867. The predicted octanol–water partition coefficient (Wildman–Crippen LogP) is 7.42. The maximum absolute atomic E-state index is 14.3. The number of pyridine rings is 1. The number of anilines is 1. The van der Waals surface area contributed by atoms with Crippen molar-refractivity contribution >= 4 is 29.3 Å². The maximum Gasteiger partial charge on any atom is 0.320 e. The summed E-state index contributed by atoms with van der Waals surface area (Å²) in [6, 6.07) is 25.7. The van der Waals surface area contributed by atoms with Gasteiger partial charge in [-0.3, -0.25) is 14.6 Å². The largest absolute Gasteiger partial charge is 0.505 e. The standard InChI is InChI=1S/C39H41FN8O3S/c1-4-39(2,3)34-22-36(48(45-34)29-13-15-32(49)31(40)21-29)42-38(50)41-23-28-7-5-6-8-33(28)52-30-14-16-35-43-44-37(47(35)25-30)27-11-9-26(10-12-27)24-46-17-19-51-20-18-46/h5-16,21-22,25,49H,4,17-20,23-24H2,1-3H3,(H2,41,42,50). The number of morpholine rings is 1. The SMILES string of the molecule is CCC(C)(C)c1cc(NC(=O)NCc2ccccc2Sc2ccc3nnc(-c4ccc(CN5CCOCC5)cc4)n3c2)n(-c2ccc(O)c(F)c2)n1. The van der Waals surface area contributed by atoms with Crippen molar-refractivity contribution in [3.8, 4) is 22.8 Å². The number of amides is 2. The Hall–Kier alpha value is -5.24. The molecule has 13 heteroatoms. The molecule has 4 heterocycles. The van der Waals surface area contributed by atoms with Crippen LogP contribution in [0.4, 0.5) is 15.0 Å². The Kier molecular flexibility index (Phi) is 10.3. The average Bonchev–Trinajstić information content (AvgIpc) is 3.78. The number of halogens is 1. The van der Waals surface area contributed by atoms with E-state index in [0.29, 0.717) is 11.5 Å².